The van der Waals surface area contributed by atoms with Crippen LogP contribution in [0.5, 0.6) is 0 Å². The molecule has 5 nitrogen and oxygen atoms in total. The van der Waals surface area contributed by atoms with Crippen LogP contribution >= 0.6 is 0 Å². The molecule has 0 aliphatic carbocycles. The van der Waals surface area contributed by atoms with E-state index in [0.29, 0.717) is 0 Å². The second kappa shape index (κ2) is 5.53. The lowest BCUT2D eigenvalue weighted by molar-refractivity contribution is 0.766. The molecule has 1 aromatic heterocycles. The number of aromatic nitrogens is 3. The second-order valence-corrected chi connectivity index (χ2v) is 4.98. The van der Waals surface area contributed by atoms with Crippen LogP contribution in [0, 0.1) is 0 Å². The summed E-state index contributed by atoms with van der Waals surface area (Å²) in [4.78, 5) is 0. The Balaban J connectivity index is 2.09. The van der Waals surface area contributed by atoms with Crippen LogP contribution in [0.2, 0.25) is 0 Å². The highest BCUT2D eigenvalue weighted by Gasteiger charge is 2.18. The Labute approximate surface area is 119 Å². The van der Waals surface area contributed by atoms with E-state index in [0.717, 1.165) is 37.8 Å². The summed E-state index contributed by atoms with van der Waals surface area (Å²) in [6.07, 6.45) is 2.27. The summed E-state index contributed by atoms with van der Waals surface area (Å²) in [5.74, 6) is 1.82. The second-order valence-electron chi connectivity index (χ2n) is 4.98. The molecule has 2 aromatic rings. The van der Waals surface area contributed by atoms with Gasteiger partial charge in [-0.3, -0.25) is 4.57 Å². The van der Waals surface area contributed by atoms with E-state index < -0.39 is 0 Å². The Morgan fingerprint density at radius 3 is 3.00 bits per heavy atom. The maximum atomic E-state index is 4.41. The Morgan fingerprint density at radius 1 is 1.30 bits per heavy atom. The topological polar surface area (TPSA) is 54.8 Å². The molecule has 0 saturated carbocycles. The van der Waals surface area contributed by atoms with Crippen LogP contribution in [0.25, 0.3) is 11.4 Å². The standard InChI is InChI=1S/C15H21N5/c1-3-16-15-19-18-14(20(15)4-2)12-7-5-9-13-11(12)8-6-10-17-13/h5,7,9,17H,3-4,6,8,10H2,1-2H3,(H,16,19). The molecule has 0 bridgehead atoms. The van der Waals surface area contributed by atoms with Gasteiger partial charge in [0.15, 0.2) is 5.82 Å². The minimum atomic E-state index is 0.853. The van der Waals surface area contributed by atoms with Crippen molar-refractivity contribution in [1.82, 2.24) is 14.8 Å². The molecule has 3 rings (SSSR count). The van der Waals surface area contributed by atoms with Crippen LogP contribution in [-0.2, 0) is 13.0 Å². The summed E-state index contributed by atoms with van der Waals surface area (Å²) in [6.45, 7) is 6.97. The van der Waals surface area contributed by atoms with Crippen LogP contribution in [-0.4, -0.2) is 27.9 Å². The van der Waals surface area contributed by atoms with Gasteiger partial charge in [0.05, 0.1) is 0 Å². The van der Waals surface area contributed by atoms with Crippen molar-refractivity contribution in [2.24, 2.45) is 0 Å². The molecule has 1 aliphatic heterocycles. The van der Waals surface area contributed by atoms with Gasteiger partial charge >= 0.3 is 0 Å². The Morgan fingerprint density at radius 2 is 2.20 bits per heavy atom. The van der Waals surface area contributed by atoms with E-state index >= 15 is 0 Å². The van der Waals surface area contributed by atoms with Crippen molar-refractivity contribution in [1.29, 1.82) is 0 Å². The first kappa shape index (κ1) is 13.0. The Bertz CT molecular complexity index is 602. The minimum Gasteiger partial charge on any atom is -0.385 e. The zero-order chi connectivity index (χ0) is 13.9. The van der Waals surface area contributed by atoms with E-state index in [2.05, 4.69) is 57.4 Å². The Kier molecular flexibility index (Phi) is 3.58. The first-order chi connectivity index (χ1) is 9.85. The number of fused-ring (bicyclic) bond motifs is 1. The molecular formula is C15H21N5. The SMILES string of the molecule is CCNc1nnc(-c2cccc3c2CCCN3)n1CC. The van der Waals surface area contributed by atoms with Gasteiger partial charge in [0.25, 0.3) is 0 Å². The van der Waals surface area contributed by atoms with Crippen molar-refractivity contribution in [2.75, 3.05) is 23.7 Å². The monoisotopic (exact) mass is 271 g/mol. The van der Waals surface area contributed by atoms with Crippen molar-refractivity contribution >= 4 is 11.6 Å². The molecule has 5 heteroatoms. The van der Waals surface area contributed by atoms with E-state index in [4.69, 9.17) is 0 Å². The third-order valence-electron chi connectivity index (χ3n) is 3.74. The fourth-order valence-electron chi connectivity index (χ4n) is 2.81. The van der Waals surface area contributed by atoms with Gasteiger partial charge in [-0.25, -0.2) is 0 Å². The van der Waals surface area contributed by atoms with Gasteiger partial charge in [-0.1, -0.05) is 12.1 Å². The molecule has 0 fully saturated rings. The normalized spacial score (nSPS) is 13.7. The van der Waals surface area contributed by atoms with Crippen LogP contribution in [0.3, 0.4) is 0 Å². The van der Waals surface area contributed by atoms with E-state index in [1.165, 1.54) is 23.2 Å². The number of rotatable bonds is 4. The molecule has 106 valence electrons. The van der Waals surface area contributed by atoms with Crippen LogP contribution < -0.4 is 10.6 Å². The summed E-state index contributed by atoms with van der Waals surface area (Å²) in [6, 6.07) is 6.39. The van der Waals surface area contributed by atoms with Crippen molar-refractivity contribution in [3.63, 3.8) is 0 Å². The molecule has 0 amide bonds. The number of hydrogen-bond donors (Lipinski definition) is 2. The average Bonchev–Trinajstić information content (AvgIpc) is 2.89. The molecule has 20 heavy (non-hydrogen) atoms. The first-order valence-electron chi connectivity index (χ1n) is 7.38. The van der Waals surface area contributed by atoms with Gasteiger partial charge in [0, 0.05) is 30.9 Å². The molecule has 2 N–H and O–H groups in total. The largest absolute Gasteiger partial charge is 0.385 e. The molecule has 0 unspecified atom stereocenters. The fraction of sp³-hybridized carbons (Fsp3) is 0.467. The summed E-state index contributed by atoms with van der Waals surface area (Å²) in [5.41, 5.74) is 3.81. The third-order valence-corrected chi connectivity index (χ3v) is 3.74. The Hall–Kier alpha value is -2.04. The maximum Gasteiger partial charge on any atom is 0.224 e. The van der Waals surface area contributed by atoms with E-state index in [-0.39, 0.29) is 0 Å². The highest BCUT2D eigenvalue weighted by molar-refractivity contribution is 5.71. The lowest BCUT2D eigenvalue weighted by Gasteiger charge is -2.21. The van der Waals surface area contributed by atoms with Gasteiger partial charge < -0.3 is 10.6 Å². The number of nitrogens with zero attached hydrogens (tertiary/aromatic N) is 3. The lowest BCUT2D eigenvalue weighted by Crippen LogP contribution is -2.13. The smallest absolute Gasteiger partial charge is 0.224 e. The zero-order valence-electron chi connectivity index (χ0n) is 12.1. The molecular weight excluding hydrogens is 250 g/mol. The van der Waals surface area contributed by atoms with Gasteiger partial charge in [-0.15, -0.1) is 10.2 Å². The quantitative estimate of drug-likeness (QED) is 0.898. The highest BCUT2D eigenvalue weighted by Crippen LogP contribution is 2.32. The average molecular weight is 271 g/mol. The predicted molar refractivity (Wildman–Crippen MR) is 82.1 cm³/mol. The molecule has 1 aliphatic rings. The summed E-state index contributed by atoms with van der Waals surface area (Å²) in [7, 11) is 0. The van der Waals surface area contributed by atoms with E-state index in [1.807, 2.05) is 0 Å². The van der Waals surface area contributed by atoms with Crippen LogP contribution in [0.4, 0.5) is 11.6 Å². The molecule has 1 aromatic carbocycles. The third kappa shape index (κ3) is 2.13. The zero-order valence-corrected chi connectivity index (χ0v) is 12.1. The van der Waals surface area contributed by atoms with Crippen molar-refractivity contribution < 1.29 is 0 Å². The van der Waals surface area contributed by atoms with Crippen molar-refractivity contribution in [3.8, 4) is 11.4 Å². The van der Waals surface area contributed by atoms with Gasteiger partial charge in [-0.2, -0.15) is 0 Å². The highest BCUT2D eigenvalue weighted by atomic mass is 15.3. The number of anilines is 2. The van der Waals surface area contributed by atoms with E-state index in [9.17, 15) is 0 Å². The van der Waals surface area contributed by atoms with E-state index in [1.54, 1.807) is 0 Å². The number of nitrogens with one attached hydrogen (secondary N) is 2. The molecule has 0 saturated heterocycles. The van der Waals surface area contributed by atoms with Crippen molar-refractivity contribution in [2.45, 2.75) is 33.2 Å². The fourth-order valence-corrected chi connectivity index (χ4v) is 2.81. The molecule has 0 spiro atoms. The summed E-state index contributed by atoms with van der Waals surface area (Å²) < 4.78 is 2.15. The predicted octanol–water partition coefficient (Wildman–Crippen LogP) is 2.75. The molecule has 2 heterocycles. The lowest BCUT2D eigenvalue weighted by atomic mass is 9.97. The van der Waals surface area contributed by atoms with Crippen molar-refractivity contribution in [3.05, 3.63) is 23.8 Å². The van der Waals surface area contributed by atoms with Gasteiger partial charge in [-0.05, 0) is 38.3 Å². The maximum absolute atomic E-state index is 4.41. The van der Waals surface area contributed by atoms with Gasteiger partial charge in [0.2, 0.25) is 5.95 Å². The number of hydrogen-bond acceptors (Lipinski definition) is 4. The van der Waals surface area contributed by atoms with Crippen LogP contribution in [0.1, 0.15) is 25.8 Å². The first-order valence-corrected chi connectivity index (χ1v) is 7.38. The number of benzene rings is 1. The summed E-state index contributed by atoms with van der Waals surface area (Å²) >= 11 is 0. The molecule has 0 radical (unpaired) electrons. The summed E-state index contributed by atoms with van der Waals surface area (Å²) in [5, 5.41) is 15.4. The van der Waals surface area contributed by atoms with Crippen LogP contribution in [0.15, 0.2) is 18.2 Å². The molecule has 0 atom stereocenters. The van der Waals surface area contributed by atoms with Gasteiger partial charge in [0.1, 0.15) is 0 Å². The minimum absolute atomic E-state index is 0.853.